The van der Waals surface area contributed by atoms with Gasteiger partial charge in [0.05, 0.1) is 6.54 Å². The molecule has 0 atom stereocenters. The Morgan fingerprint density at radius 3 is 3.07 bits per heavy atom. The van der Waals surface area contributed by atoms with Gasteiger partial charge in [-0.25, -0.2) is 0 Å². The number of thiophene rings is 1. The molecule has 0 saturated heterocycles. The molecule has 2 rings (SSSR count). The average molecular weight is 224 g/mol. The summed E-state index contributed by atoms with van der Waals surface area (Å²) in [5.74, 6) is 0.913. The van der Waals surface area contributed by atoms with E-state index in [0.717, 1.165) is 12.5 Å². The Morgan fingerprint density at radius 2 is 2.40 bits per heavy atom. The van der Waals surface area contributed by atoms with E-state index in [4.69, 9.17) is 0 Å². The Morgan fingerprint density at radius 1 is 1.53 bits per heavy atom. The van der Waals surface area contributed by atoms with Crippen LogP contribution in [0.15, 0.2) is 16.8 Å². The second-order valence-electron chi connectivity index (χ2n) is 3.98. The molecule has 0 bridgehead atoms. The second kappa shape index (κ2) is 5.28. The lowest BCUT2D eigenvalue weighted by atomic mass is 10.3. The van der Waals surface area contributed by atoms with E-state index in [0.29, 0.717) is 13.1 Å². The monoisotopic (exact) mass is 224 g/mol. The molecule has 1 saturated carbocycles. The van der Waals surface area contributed by atoms with Crippen LogP contribution in [-0.4, -0.2) is 19.0 Å². The Kier molecular flexibility index (Phi) is 3.75. The van der Waals surface area contributed by atoms with E-state index in [9.17, 15) is 4.79 Å². The Balaban J connectivity index is 1.55. The van der Waals surface area contributed by atoms with Crippen molar-refractivity contribution in [3.63, 3.8) is 0 Å². The van der Waals surface area contributed by atoms with Crippen LogP contribution >= 0.6 is 11.3 Å². The molecule has 1 aliphatic carbocycles. The van der Waals surface area contributed by atoms with Crippen LogP contribution in [0.3, 0.4) is 0 Å². The van der Waals surface area contributed by atoms with E-state index in [1.807, 2.05) is 11.4 Å². The molecule has 0 radical (unpaired) electrons. The maximum Gasteiger partial charge on any atom is 0.234 e. The molecule has 1 aliphatic rings. The predicted molar refractivity (Wildman–Crippen MR) is 61.8 cm³/mol. The third kappa shape index (κ3) is 4.01. The van der Waals surface area contributed by atoms with Gasteiger partial charge in [-0.3, -0.25) is 4.79 Å². The molecule has 1 aromatic heterocycles. The highest BCUT2D eigenvalue weighted by atomic mass is 32.1. The molecule has 1 aromatic rings. The molecule has 1 fully saturated rings. The molecule has 4 heteroatoms. The maximum absolute atomic E-state index is 11.4. The number of hydrogen-bond donors (Lipinski definition) is 2. The highest BCUT2D eigenvalue weighted by Gasteiger charge is 2.20. The van der Waals surface area contributed by atoms with E-state index >= 15 is 0 Å². The molecule has 3 nitrogen and oxygen atoms in total. The predicted octanol–water partition coefficient (Wildman–Crippen LogP) is 1.36. The van der Waals surface area contributed by atoms with Crippen molar-refractivity contribution in [2.45, 2.75) is 19.4 Å². The lowest BCUT2D eigenvalue weighted by Gasteiger charge is -2.04. The molecule has 1 amide bonds. The van der Waals surface area contributed by atoms with Gasteiger partial charge in [0.25, 0.3) is 0 Å². The van der Waals surface area contributed by atoms with Gasteiger partial charge in [-0.1, -0.05) is 0 Å². The maximum atomic E-state index is 11.4. The number of amides is 1. The Bertz CT molecular complexity index is 306. The van der Waals surface area contributed by atoms with E-state index < -0.39 is 0 Å². The molecule has 0 aliphatic heterocycles. The highest BCUT2D eigenvalue weighted by molar-refractivity contribution is 7.07. The lowest BCUT2D eigenvalue weighted by molar-refractivity contribution is -0.120. The van der Waals surface area contributed by atoms with Crippen LogP contribution in [-0.2, 0) is 11.3 Å². The summed E-state index contributed by atoms with van der Waals surface area (Å²) in [6, 6.07) is 2.03. The van der Waals surface area contributed by atoms with Gasteiger partial charge in [-0.2, -0.15) is 11.3 Å². The zero-order valence-corrected chi connectivity index (χ0v) is 9.48. The first-order valence-electron chi connectivity index (χ1n) is 5.33. The van der Waals surface area contributed by atoms with Gasteiger partial charge in [0, 0.05) is 6.54 Å². The summed E-state index contributed by atoms with van der Waals surface area (Å²) in [5.41, 5.74) is 1.18. The zero-order chi connectivity index (χ0) is 10.5. The fourth-order valence-electron chi connectivity index (χ4n) is 1.37. The summed E-state index contributed by atoms with van der Waals surface area (Å²) in [4.78, 5) is 11.4. The Labute approximate surface area is 93.9 Å². The van der Waals surface area contributed by atoms with Crippen molar-refractivity contribution >= 4 is 17.2 Å². The van der Waals surface area contributed by atoms with Crippen molar-refractivity contribution in [3.05, 3.63) is 22.4 Å². The van der Waals surface area contributed by atoms with Crippen molar-refractivity contribution in [2.24, 2.45) is 5.92 Å². The molecule has 1 heterocycles. The molecule has 2 N–H and O–H groups in total. The van der Waals surface area contributed by atoms with Crippen LogP contribution in [0.5, 0.6) is 0 Å². The van der Waals surface area contributed by atoms with Gasteiger partial charge in [-0.05, 0) is 47.7 Å². The molecule has 0 aromatic carbocycles. The fourth-order valence-corrected chi connectivity index (χ4v) is 2.04. The number of carbonyl (C=O) groups excluding carboxylic acids is 1. The van der Waals surface area contributed by atoms with E-state index in [2.05, 4.69) is 16.0 Å². The summed E-state index contributed by atoms with van der Waals surface area (Å²) in [5, 5.41) is 10.1. The zero-order valence-electron chi connectivity index (χ0n) is 8.66. The van der Waals surface area contributed by atoms with Crippen LogP contribution in [0.25, 0.3) is 0 Å². The molecule has 0 spiro atoms. The largest absolute Gasteiger partial charge is 0.351 e. The standard InChI is InChI=1S/C11H16N2OS/c14-11(7-12-5-9-1-2-9)13-6-10-3-4-15-8-10/h3-4,8-9,12H,1-2,5-7H2,(H,13,14). The first-order chi connectivity index (χ1) is 7.34. The summed E-state index contributed by atoms with van der Waals surface area (Å²) < 4.78 is 0. The lowest BCUT2D eigenvalue weighted by Crippen LogP contribution is -2.34. The molecule has 0 unspecified atom stereocenters. The highest BCUT2D eigenvalue weighted by Crippen LogP contribution is 2.27. The summed E-state index contributed by atoms with van der Waals surface area (Å²) in [6.45, 7) is 2.08. The molecular formula is C11H16N2OS. The van der Waals surface area contributed by atoms with E-state index in [-0.39, 0.29) is 5.91 Å². The fraction of sp³-hybridized carbons (Fsp3) is 0.545. The first kappa shape index (κ1) is 10.6. The van der Waals surface area contributed by atoms with E-state index in [1.54, 1.807) is 11.3 Å². The quantitative estimate of drug-likeness (QED) is 0.766. The molecule has 82 valence electrons. The van der Waals surface area contributed by atoms with E-state index in [1.165, 1.54) is 18.4 Å². The van der Waals surface area contributed by atoms with Gasteiger partial charge in [-0.15, -0.1) is 0 Å². The average Bonchev–Trinajstić information content (AvgIpc) is 2.91. The second-order valence-corrected chi connectivity index (χ2v) is 4.76. The van der Waals surface area contributed by atoms with Crippen LogP contribution in [0.1, 0.15) is 18.4 Å². The van der Waals surface area contributed by atoms with Gasteiger partial charge in [0.1, 0.15) is 0 Å². The van der Waals surface area contributed by atoms with Gasteiger partial charge in [0.2, 0.25) is 5.91 Å². The number of rotatable bonds is 6. The first-order valence-corrected chi connectivity index (χ1v) is 6.27. The van der Waals surface area contributed by atoms with Crippen LogP contribution in [0.4, 0.5) is 0 Å². The van der Waals surface area contributed by atoms with Crippen molar-refractivity contribution < 1.29 is 4.79 Å². The van der Waals surface area contributed by atoms with Crippen LogP contribution in [0.2, 0.25) is 0 Å². The van der Waals surface area contributed by atoms with Crippen molar-refractivity contribution in [2.75, 3.05) is 13.1 Å². The third-order valence-corrected chi connectivity index (χ3v) is 3.22. The van der Waals surface area contributed by atoms with Crippen molar-refractivity contribution in [1.82, 2.24) is 10.6 Å². The minimum Gasteiger partial charge on any atom is -0.351 e. The minimum absolute atomic E-state index is 0.0850. The minimum atomic E-state index is 0.0850. The van der Waals surface area contributed by atoms with Crippen LogP contribution < -0.4 is 10.6 Å². The summed E-state index contributed by atoms with van der Waals surface area (Å²) in [7, 11) is 0. The van der Waals surface area contributed by atoms with Gasteiger partial charge in [0.15, 0.2) is 0 Å². The van der Waals surface area contributed by atoms with Gasteiger partial charge < -0.3 is 10.6 Å². The smallest absolute Gasteiger partial charge is 0.234 e. The number of nitrogens with one attached hydrogen (secondary N) is 2. The third-order valence-electron chi connectivity index (χ3n) is 2.49. The summed E-state index contributed by atoms with van der Waals surface area (Å²) >= 11 is 1.65. The normalized spacial score (nSPS) is 15.2. The number of hydrogen-bond acceptors (Lipinski definition) is 3. The summed E-state index contributed by atoms with van der Waals surface area (Å²) in [6.07, 6.45) is 2.65. The SMILES string of the molecule is O=C(CNCC1CC1)NCc1ccsc1. The van der Waals surface area contributed by atoms with Crippen LogP contribution in [0, 0.1) is 5.92 Å². The molecular weight excluding hydrogens is 208 g/mol. The molecule has 15 heavy (non-hydrogen) atoms. The van der Waals surface area contributed by atoms with Crippen molar-refractivity contribution in [3.8, 4) is 0 Å². The number of carbonyl (C=O) groups is 1. The van der Waals surface area contributed by atoms with Crippen molar-refractivity contribution in [1.29, 1.82) is 0 Å². The Hall–Kier alpha value is -0.870. The topological polar surface area (TPSA) is 41.1 Å². The van der Waals surface area contributed by atoms with Gasteiger partial charge >= 0.3 is 0 Å².